The Kier molecular flexibility index (Phi) is 6.86. The topological polar surface area (TPSA) is 88.8 Å². The number of ether oxygens (including phenoxy) is 1. The molecule has 0 aromatic carbocycles. The second kappa shape index (κ2) is 9.83. The van der Waals surface area contributed by atoms with Crippen molar-refractivity contribution in [1.82, 2.24) is 19.3 Å². The Morgan fingerprint density at radius 1 is 1.24 bits per heavy atom. The zero-order chi connectivity index (χ0) is 24.3. The molecule has 0 spiro atoms. The summed E-state index contributed by atoms with van der Waals surface area (Å²) in [5.41, 5.74) is 2.24. The average Bonchev–Trinajstić information content (AvgIpc) is 3.26. The zero-order valence-electron chi connectivity index (χ0n) is 20.4. The van der Waals surface area contributed by atoms with Gasteiger partial charge in [-0.25, -0.2) is 14.8 Å². The molecule has 1 amide bonds. The van der Waals surface area contributed by atoms with Crippen LogP contribution in [0.25, 0.3) is 16.8 Å². The standard InChI is InChI=1S/C26H33N5O3/c1-5-6-9-20-23(24(32)31-14-8-7-10-22(31)29-20)18-11-12-21(27-16-18)28-19-13-15-30(17-19)25(33)34-26(2,3)4/h7-8,10-12,14,16,19H,5-6,9,13,15,17H2,1-4H3,(H,27,28). The molecule has 3 aromatic rings. The van der Waals surface area contributed by atoms with Crippen molar-refractivity contribution in [1.29, 1.82) is 0 Å². The van der Waals surface area contributed by atoms with E-state index in [1.165, 1.54) is 0 Å². The van der Waals surface area contributed by atoms with Crippen LogP contribution >= 0.6 is 0 Å². The van der Waals surface area contributed by atoms with Crippen LogP contribution in [0.2, 0.25) is 0 Å². The normalized spacial score (nSPS) is 16.1. The first-order valence-electron chi connectivity index (χ1n) is 12.0. The SMILES string of the molecule is CCCCc1nc2ccccn2c(=O)c1-c1ccc(NC2CCN(C(=O)OC(C)(C)C)C2)nc1. The Morgan fingerprint density at radius 3 is 2.76 bits per heavy atom. The highest BCUT2D eigenvalue weighted by Gasteiger charge is 2.30. The molecule has 34 heavy (non-hydrogen) atoms. The van der Waals surface area contributed by atoms with E-state index >= 15 is 0 Å². The molecule has 1 atom stereocenters. The Bertz CT molecular complexity index is 1210. The van der Waals surface area contributed by atoms with Crippen molar-refractivity contribution >= 4 is 17.6 Å². The molecule has 0 bridgehead atoms. The molecule has 0 radical (unpaired) electrons. The Morgan fingerprint density at radius 2 is 2.06 bits per heavy atom. The number of amides is 1. The number of nitrogens with zero attached hydrogens (tertiary/aromatic N) is 4. The minimum Gasteiger partial charge on any atom is -0.444 e. The van der Waals surface area contributed by atoms with Crippen molar-refractivity contribution in [2.75, 3.05) is 18.4 Å². The molecule has 1 saturated heterocycles. The van der Waals surface area contributed by atoms with Gasteiger partial charge in [-0.2, -0.15) is 0 Å². The van der Waals surface area contributed by atoms with Crippen LogP contribution in [0.1, 0.15) is 52.7 Å². The van der Waals surface area contributed by atoms with Gasteiger partial charge >= 0.3 is 6.09 Å². The maximum atomic E-state index is 13.3. The van der Waals surface area contributed by atoms with E-state index in [4.69, 9.17) is 9.72 Å². The van der Waals surface area contributed by atoms with Gasteiger partial charge in [0, 0.05) is 37.1 Å². The van der Waals surface area contributed by atoms with Gasteiger partial charge in [0.1, 0.15) is 17.1 Å². The van der Waals surface area contributed by atoms with Crippen molar-refractivity contribution in [3.63, 3.8) is 0 Å². The van der Waals surface area contributed by atoms with Crippen LogP contribution in [-0.4, -0.2) is 50.1 Å². The van der Waals surface area contributed by atoms with Crippen LogP contribution in [0.4, 0.5) is 10.6 Å². The van der Waals surface area contributed by atoms with Gasteiger partial charge < -0.3 is 15.0 Å². The first kappa shape index (κ1) is 23.7. The van der Waals surface area contributed by atoms with Crippen LogP contribution in [0.3, 0.4) is 0 Å². The second-order valence-corrected chi connectivity index (χ2v) is 9.76. The Labute approximate surface area is 200 Å². The molecule has 8 nitrogen and oxygen atoms in total. The largest absolute Gasteiger partial charge is 0.444 e. The molecule has 4 heterocycles. The van der Waals surface area contributed by atoms with Crippen molar-refractivity contribution in [2.45, 2.75) is 65.0 Å². The van der Waals surface area contributed by atoms with E-state index in [0.717, 1.165) is 36.9 Å². The van der Waals surface area contributed by atoms with Crippen LogP contribution in [0.15, 0.2) is 47.5 Å². The molecule has 1 fully saturated rings. The lowest BCUT2D eigenvalue weighted by molar-refractivity contribution is 0.0293. The fraction of sp³-hybridized carbons (Fsp3) is 0.462. The third kappa shape index (κ3) is 5.38. The van der Waals surface area contributed by atoms with E-state index in [2.05, 4.69) is 17.2 Å². The summed E-state index contributed by atoms with van der Waals surface area (Å²) in [7, 11) is 0. The van der Waals surface area contributed by atoms with Crippen molar-refractivity contribution in [3.05, 3.63) is 58.8 Å². The molecule has 4 rings (SSSR count). The second-order valence-electron chi connectivity index (χ2n) is 9.76. The third-order valence-electron chi connectivity index (χ3n) is 5.82. The molecule has 1 aliphatic rings. The van der Waals surface area contributed by atoms with Gasteiger partial charge in [-0.1, -0.05) is 19.4 Å². The van der Waals surface area contributed by atoms with E-state index in [-0.39, 0.29) is 17.7 Å². The van der Waals surface area contributed by atoms with Crippen LogP contribution in [0, 0.1) is 0 Å². The highest BCUT2D eigenvalue weighted by Crippen LogP contribution is 2.23. The molecular weight excluding hydrogens is 430 g/mol. The van der Waals surface area contributed by atoms with Gasteiger partial charge in [0.05, 0.1) is 11.3 Å². The smallest absolute Gasteiger partial charge is 0.410 e. The summed E-state index contributed by atoms with van der Waals surface area (Å²) in [6.07, 6.45) is 6.74. The van der Waals surface area contributed by atoms with Crippen LogP contribution in [0.5, 0.6) is 0 Å². The molecule has 0 aliphatic carbocycles. The van der Waals surface area contributed by atoms with Crippen LogP contribution in [-0.2, 0) is 11.2 Å². The summed E-state index contributed by atoms with van der Waals surface area (Å²) in [5.74, 6) is 0.712. The number of pyridine rings is 2. The molecular formula is C26H33N5O3. The van der Waals surface area contributed by atoms with Gasteiger partial charge in [0.2, 0.25) is 0 Å². The fourth-order valence-electron chi connectivity index (χ4n) is 4.16. The first-order chi connectivity index (χ1) is 16.2. The number of likely N-dealkylation sites (tertiary alicyclic amines) is 1. The number of hydrogen-bond donors (Lipinski definition) is 1. The summed E-state index contributed by atoms with van der Waals surface area (Å²) in [6.45, 7) is 8.94. The lowest BCUT2D eigenvalue weighted by atomic mass is 10.0. The molecule has 0 saturated carbocycles. The van der Waals surface area contributed by atoms with Crippen molar-refractivity contribution < 1.29 is 9.53 Å². The maximum absolute atomic E-state index is 13.3. The van der Waals surface area contributed by atoms with Gasteiger partial charge in [0.25, 0.3) is 5.56 Å². The van der Waals surface area contributed by atoms with Gasteiger partial charge in [-0.15, -0.1) is 0 Å². The monoisotopic (exact) mass is 463 g/mol. The summed E-state index contributed by atoms with van der Waals surface area (Å²) >= 11 is 0. The number of rotatable bonds is 6. The number of carbonyl (C=O) groups is 1. The minimum atomic E-state index is -0.508. The fourth-order valence-corrected chi connectivity index (χ4v) is 4.16. The number of fused-ring (bicyclic) bond motifs is 1. The Hall–Kier alpha value is -3.42. The third-order valence-corrected chi connectivity index (χ3v) is 5.82. The number of nitrogens with one attached hydrogen (secondary N) is 1. The van der Waals surface area contributed by atoms with E-state index < -0.39 is 5.60 Å². The summed E-state index contributed by atoms with van der Waals surface area (Å²) in [6, 6.07) is 9.47. The van der Waals surface area contributed by atoms with E-state index in [0.29, 0.717) is 30.1 Å². The summed E-state index contributed by atoms with van der Waals surface area (Å²) < 4.78 is 7.06. The molecule has 1 aliphatic heterocycles. The predicted molar refractivity (Wildman–Crippen MR) is 133 cm³/mol. The molecule has 3 aromatic heterocycles. The lowest BCUT2D eigenvalue weighted by Gasteiger charge is -2.24. The quantitative estimate of drug-likeness (QED) is 0.578. The molecule has 8 heteroatoms. The first-order valence-corrected chi connectivity index (χ1v) is 12.0. The lowest BCUT2D eigenvalue weighted by Crippen LogP contribution is -2.36. The maximum Gasteiger partial charge on any atom is 0.410 e. The molecule has 180 valence electrons. The van der Waals surface area contributed by atoms with Gasteiger partial charge in [-0.3, -0.25) is 9.20 Å². The number of unbranched alkanes of at least 4 members (excludes halogenated alkanes) is 1. The summed E-state index contributed by atoms with van der Waals surface area (Å²) in [5, 5.41) is 3.40. The number of anilines is 1. The van der Waals surface area contributed by atoms with Gasteiger partial charge in [-0.05, 0) is 64.3 Å². The zero-order valence-corrected chi connectivity index (χ0v) is 20.4. The highest BCUT2D eigenvalue weighted by atomic mass is 16.6. The highest BCUT2D eigenvalue weighted by molar-refractivity contribution is 5.69. The molecule has 1 unspecified atom stereocenters. The Balaban J connectivity index is 1.51. The number of carbonyl (C=O) groups excluding carboxylic acids is 1. The number of aromatic nitrogens is 3. The average molecular weight is 464 g/mol. The molecule has 1 N–H and O–H groups in total. The van der Waals surface area contributed by atoms with E-state index in [9.17, 15) is 9.59 Å². The van der Waals surface area contributed by atoms with Crippen LogP contribution < -0.4 is 10.9 Å². The van der Waals surface area contributed by atoms with Gasteiger partial charge in [0.15, 0.2) is 0 Å². The summed E-state index contributed by atoms with van der Waals surface area (Å²) in [4.78, 5) is 36.7. The van der Waals surface area contributed by atoms with Crippen molar-refractivity contribution in [2.24, 2.45) is 0 Å². The van der Waals surface area contributed by atoms with E-state index in [1.54, 1.807) is 21.7 Å². The number of aryl methyl sites for hydroxylation is 1. The van der Waals surface area contributed by atoms with Crippen molar-refractivity contribution in [3.8, 4) is 11.1 Å². The number of hydrogen-bond acceptors (Lipinski definition) is 6. The predicted octanol–water partition coefficient (Wildman–Crippen LogP) is 4.52. The minimum absolute atomic E-state index is 0.0805. The van der Waals surface area contributed by atoms with E-state index in [1.807, 2.05) is 51.1 Å².